The number of pyridine rings is 1. The summed E-state index contributed by atoms with van der Waals surface area (Å²) in [4.78, 5) is 27.5. The Hall–Kier alpha value is -2.69. The molecule has 1 heterocycles. The molecule has 2 amide bonds. The lowest BCUT2D eigenvalue weighted by Crippen LogP contribution is -2.14. The third kappa shape index (κ3) is 3.89. The molecule has 2 rings (SSSR count). The van der Waals surface area contributed by atoms with Gasteiger partial charge in [-0.05, 0) is 36.8 Å². The SMILES string of the molecule is CCC(=O)Nc1ccc(C)c(NC(=O)c2cccnc2)c1. The van der Waals surface area contributed by atoms with E-state index in [2.05, 4.69) is 15.6 Å². The van der Waals surface area contributed by atoms with Crippen molar-refractivity contribution in [2.75, 3.05) is 10.6 Å². The number of carbonyl (C=O) groups is 2. The van der Waals surface area contributed by atoms with Crippen molar-refractivity contribution in [2.45, 2.75) is 20.3 Å². The maximum Gasteiger partial charge on any atom is 0.257 e. The molecular formula is C16H17N3O2. The number of aryl methyl sites for hydroxylation is 1. The summed E-state index contributed by atoms with van der Waals surface area (Å²) >= 11 is 0. The van der Waals surface area contributed by atoms with Crippen LogP contribution in [0, 0.1) is 6.92 Å². The number of amides is 2. The number of nitrogens with one attached hydrogen (secondary N) is 2. The monoisotopic (exact) mass is 283 g/mol. The molecule has 0 bridgehead atoms. The molecule has 0 aliphatic carbocycles. The fourth-order valence-electron chi connectivity index (χ4n) is 1.78. The Morgan fingerprint density at radius 2 is 2.00 bits per heavy atom. The van der Waals surface area contributed by atoms with Crippen LogP contribution in [0.4, 0.5) is 11.4 Å². The summed E-state index contributed by atoms with van der Waals surface area (Å²) in [6.07, 6.45) is 3.53. The number of anilines is 2. The van der Waals surface area contributed by atoms with E-state index in [9.17, 15) is 9.59 Å². The van der Waals surface area contributed by atoms with Crippen molar-refractivity contribution in [3.8, 4) is 0 Å². The van der Waals surface area contributed by atoms with Crippen LogP contribution in [0.25, 0.3) is 0 Å². The molecule has 108 valence electrons. The maximum absolute atomic E-state index is 12.1. The van der Waals surface area contributed by atoms with Gasteiger partial charge in [-0.1, -0.05) is 13.0 Å². The Bertz CT molecular complexity index is 654. The standard InChI is InChI=1S/C16H17N3O2/c1-3-15(20)18-13-7-6-11(2)14(9-13)19-16(21)12-5-4-8-17-10-12/h4-10H,3H2,1-2H3,(H,18,20)(H,19,21). The highest BCUT2D eigenvalue weighted by atomic mass is 16.2. The molecule has 0 saturated carbocycles. The lowest BCUT2D eigenvalue weighted by atomic mass is 10.1. The number of aromatic nitrogens is 1. The fraction of sp³-hybridized carbons (Fsp3) is 0.188. The first kappa shape index (κ1) is 14.7. The first-order valence-electron chi connectivity index (χ1n) is 6.72. The average molecular weight is 283 g/mol. The highest BCUT2D eigenvalue weighted by Crippen LogP contribution is 2.21. The van der Waals surface area contributed by atoms with Crippen molar-refractivity contribution in [1.29, 1.82) is 0 Å². The molecule has 2 N–H and O–H groups in total. The molecular weight excluding hydrogens is 266 g/mol. The smallest absolute Gasteiger partial charge is 0.257 e. The fourth-order valence-corrected chi connectivity index (χ4v) is 1.78. The van der Waals surface area contributed by atoms with Gasteiger partial charge in [-0.15, -0.1) is 0 Å². The lowest BCUT2D eigenvalue weighted by Gasteiger charge is -2.11. The minimum Gasteiger partial charge on any atom is -0.326 e. The van der Waals surface area contributed by atoms with Gasteiger partial charge in [0.2, 0.25) is 5.91 Å². The summed E-state index contributed by atoms with van der Waals surface area (Å²) in [5, 5.41) is 5.60. The summed E-state index contributed by atoms with van der Waals surface area (Å²) in [7, 11) is 0. The van der Waals surface area contributed by atoms with Crippen molar-refractivity contribution in [2.24, 2.45) is 0 Å². The number of hydrogen-bond acceptors (Lipinski definition) is 3. The first-order valence-corrected chi connectivity index (χ1v) is 6.72. The second kappa shape index (κ2) is 6.65. The molecule has 0 radical (unpaired) electrons. The van der Waals surface area contributed by atoms with Gasteiger partial charge >= 0.3 is 0 Å². The molecule has 1 aromatic carbocycles. The third-order valence-corrected chi connectivity index (χ3v) is 3.01. The molecule has 5 nitrogen and oxygen atoms in total. The number of rotatable bonds is 4. The summed E-state index contributed by atoms with van der Waals surface area (Å²) in [6, 6.07) is 8.81. The molecule has 0 spiro atoms. The van der Waals surface area contributed by atoms with Crippen LogP contribution in [-0.2, 0) is 4.79 Å². The van der Waals surface area contributed by atoms with Gasteiger partial charge in [-0.25, -0.2) is 0 Å². The van der Waals surface area contributed by atoms with E-state index in [4.69, 9.17) is 0 Å². The topological polar surface area (TPSA) is 71.1 Å². The minimum atomic E-state index is -0.231. The van der Waals surface area contributed by atoms with Crippen molar-refractivity contribution >= 4 is 23.2 Å². The Morgan fingerprint density at radius 1 is 1.19 bits per heavy atom. The van der Waals surface area contributed by atoms with Crippen molar-refractivity contribution < 1.29 is 9.59 Å². The van der Waals surface area contributed by atoms with Crippen LogP contribution in [-0.4, -0.2) is 16.8 Å². The number of benzene rings is 1. The van der Waals surface area contributed by atoms with Crippen LogP contribution in [0.2, 0.25) is 0 Å². The second-order valence-corrected chi connectivity index (χ2v) is 4.63. The Labute approximate surface area is 123 Å². The largest absolute Gasteiger partial charge is 0.326 e. The van der Waals surface area contributed by atoms with Gasteiger partial charge < -0.3 is 10.6 Å². The summed E-state index contributed by atoms with van der Waals surface area (Å²) in [6.45, 7) is 3.68. The number of carbonyl (C=O) groups excluding carboxylic acids is 2. The second-order valence-electron chi connectivity index (χ2n) is 4.63. The highest BCUT2D eigenvalue weighted by Gasteiger charge is 2.09. The third-order valence-electron chi connectivity index (χ3n) is 3.01. The Balaban J connectivity index is 2.17. The van der Waals surface area contributed by atoms with Crippen molar-refractivity contribution in [3.05, 3.63) is 53.9 Å². The summed E-state index contributed by atoms with van der Waals surface area (Å²) in [5.74, 6) is -0.298. The van der Waals surface area contributed by atoms with Crippen LogP contribution in [0.15, 0.2) is 42.7 Å². The normalized spacial score (nSPS) is 10.0. The van der Waals surface area contributed by atoms with Crippen LogP contribution >= 0.6 is 0 Å². The zero-order valence-electron chi connectivity index (χ0n) is 12.0. The van der Waals surface area contributed by atoms with Crippen LogP contribution < -0.4 is 10.6 Å². The van der Waals surface area contributed by atoms with E-state index in [-0.39, 0.29) is 11.8 Å². The van der Waals surface area contributed by atoms with Crippen molar-refractivity contribution in [3.63, 3.8) is 0 Å². The molecule has 0 unspecified atom stereocenters. The molecule has 1 aromatic heterocycles. The van der Waals surface area contributed by atoms with Crippen LogP contribution in [0.5, 0.6) is 0 Å². The molecule has 0 fully saturated rings. The van der Waals surface area contributed by atoms with E-state index in [1.54, 1.807) is 31.3 Å². The predicted molar refractivity (Wildman–Crippen MR) is 82.3 cm³/mol. The van der Waals surface area contributed by atoms with E-state index in [0.29, 0.717) is 23.4 Å². The highest BCUT2D eigenvalue weighted by molar-refractivity contribution is 6.04. The van der Waals surface area contributed by atoms with E-state index in [1.807, 2.05) is 19.1 Å². The van der Waals surface area contributed by atoms with Crippen LogP contribution in [0.1, 0.15) is 29.3 Å². The molecule has 2 aromatic rings. The van der Waals surface area contributed by atoms with Gasteiger partial charge in [0, 0.05) is 30.2 Å². The molecule has 21 heavy (non-hydrogen) atoms. The number of hydrogen-bond donors (Lipinski definition) is 2. The minimum absolute atomic E-state index is 0.0663. The van der Waals surface area contributed by atoms with Gasteiger partial charge in [-0.2, -0.15) is 0 Å². The summed E-state index contributed by atoms with van der Waals surface area (Å²) in [5.41, 5.74) is 2.73. The van der Waals surface area contributed by atoms with Gasteiger partial charge in [-0.3, -0.25) is 14.6 Å². The zero-order chi connectivity index (χ0) is 15.2. The van der Waals surface area contributed by atoms with E-state index < -0.39 is 0 Å². The molecule has 5 heteroatoms. The predicted octanol–water partition coefficient (Wildman–Crippen LogP) is 2.99. The van der Waals surface area contributed by atoms with E-state index in [0.717, 1.165) is 5.56 Å². The van der Waals surface area contributed by atoms with E-state index in [1.165, 1.54) is 6.20 Å². The maximum atomic E-state index is 12.1. The molecule has 0 aliphatic rings. The van der Waals surface area contributed by atoms with Crippen molar-refractivity contribution in [1.82, 2.24) is 4.98 Å². The quantitative estimate of drug-likeness (QED) is 0.906. The van der Waals surface area contributed by atoms with Gasteiger partial charge in [0.15, 0.2) is 0 Å². The van der Waals surface area contributed by atoms with Crippen LogP contribution in [0.3, 0.4) is 0 Å². The molecule has 0 aliphatic heterocycles. The lowest BCUT2D eigenvalue weighted by molar-refractivity contribution is -0.115. The van der Waals surface area contributed by atoms with Gasteiger partial charge in [0.1, 0.15) is 0 Å². The first-order chi connectivity index (χ1) is 10.1. The zero-order valence-corrected chi connectivity index (χ0v) is 12.0. The van der Waals surface area contributed by atoms with Gasteiger partial charge in [0.25, 0.3) is 5.91 Å². The molecule has 0 atom stereocenters. The van der Waals surface area contributed by atoms with E-state index >= 15 is 0 Å². The summed E-state index contributed by atoms with van der Waals surface area (Å²) < 4.78 is 0. The Morgan fingerprint density at radius 3 is 2.67 bits per heavy atom. The Kier molecular flexibility index (Phi) is 4.66. The molecule has 0 saturated heterocycles. The van der Waals surface area contributed by atoms with Gasteiger partial charge in [0.05, 0.1) is 5.56 Å². The average Bonchev–Trinajstić information content (AvgIpc) is 2.51. The number of nitrogens with zero attached hydrogens (tertiary/aromatic N) is 1.